The van der Waals surface area contributed by atoms with Gasteiger partial charge >= 0.3 is 0 Å². The lowest BCUT2D eigenvalue weighted by Gasteiger charge is -2.38. The number of nitrogens with one attached hydrogen (secondary N) is 1. The molecule has 2 rings (SSSR count). The zero-order valence-corrected chi connectivity index (χ0v) is 13.6. The van der Waals surface area contributed by atoms with Crippen LogP contribution in [0.1, 0.15) is 58.3 Å². The maximum atomic E-state index is 11.7. The van der Waals surface area contributed by atoms with Gasteiger partial charge in [-0.25, -0.2) is 8.42 Å². The second-order valence-corrected chi connectivity index (χ2v) is 9.45. The third-order valence-electron chi connectivity index (χ3n) is 5.02. The van der Waals surface area contributed by atoms with Crippen LogP contribution in [0.4, 0.5) is 0 Å². The minimum absolute atomic E-state index is 0.200. The molecule has 0 aromatic carbocycles. The molecule has 0 aromatic rings. The maximum Gasteiger partial charge on any atom is 0.150 e. The lowest BCUT2D eigenvalue weighted by atomic mass is 9.78. The van der Waals surface area contributed by atoms with Crippen LogP contribution in [-0.4, -0.2) is 43.2 Å². The van der Waals surface area contributed by atoms with E-state index in [-0.39, 0.29) is 11.3 Å². The Kier molecular flexibility index (Phi) is 5.14. The number of aliphatic hydroxyl groups is 1. The molecule has 4 nitrogen and oxygen atoms in total. The first-order valence-electron chi connectivity index (χ1n) is 7.93. The smallest absolute Gasteiger partial charge is 0.150 e. The topological polar surface area (TPSA) is 66.4 Å². The molecule has 2 fully saturated rings. The Labute approximate surface area is 123 Å². The fourth-order valence-corrected chi connectivity index (χ4v) is 5.02. The van der Waals surface area contributed by atoms with Crippen LogP contribution in [0, 0.1) is 5.92 Å². The monoisotopic (exact) mass is 303 g/mol. The SMILES string of the molecule is CC1CCCC(O)(CNC2CCCC(S(C)(=O)=O)C2)C1. The van der Waals surface area contributed by atoms with E-state index in [1.165, 1.54) is 12.7 Å². The van der Waals surface area contributed by atoms with Crippen molar-refractivity contribution in [3.8, 4) is 0 Å². The van der Waals surface area contributed by atoms with Gasteiger partial charge in [0.1, 0.15) is 9.84 Å². The van der Waals surface area contributed by atoms with E-state index in [0.29, 0.717) is 18.9 Å². The lowest BCUT2D eigenvalue weighted by Crippen LogP contribution is -2.49. The van der Waals surface area contributed by atoms with E-state index in [2.05, 4.69) is 12.2 Å². The van der Waals surface area contributed by atoms with Gasteiger partial charge < -0.3 is 10.4 Å². The zero-order chi connectivity index (χ0) is 14.8. The standard InChI is InChI=1S/C15H29NO3S/c1-12-5-4-8-15(17,10-12)11-16-13-6-3-7-14(9-13)20(2,18)19/h12-14,16-17H,3-11H2,1-2H3. The van der Waals surface area contributed by atoms with Gasteiger partial charge in [-0.3, -0.25) is 0 Å². The minimum Gasteiger partial charge on any atom is -0.389 e. The van der Waals surface area contributed by atoms with E-state index in [4.69, 9.17) is 0 Å². The Balaban J connectivity index is 1.84. The van der Waals surface area contributed by atoms with Gasteiger partial charge in [0.15, 0.2) is 0 Å². The highest BCUT2D eigenvalue weighted by Gasteiger charge is 2.34. The van der Waals surface area contributed by atoms with Crippen molar-refractivity contribution in [3.63, 3.8) is 0 Å². The molecule has 0 aliphatic heterocycles. The summed E-state index contributed by atoms with van der Waals surface area (Å²) >= 11 is 0. The molecule has 2 aliphatic rings. The van der Waals surface area contributed by atoms with Gasteiger partial charge in [0.2, 0.25) is 0 Å². The summed E-state index contributed by atoms with van der Waals surface area (Å²) in [6, 6.07) is 0.240. The predicted molar refractivity (Wildman–Crippen MR) is 81.5 cm³/mol. The molecule has 0 heterocycles. The number of sulfone groups is 1. The van der Waals surface area contributed by atoms with E-state index < -0.39 is 15.4 Å². The number of hydrogen-bond acceptors (Lipinski definition) is 4. The van der Waals surface area contributed by atoms with Crippen molar-refractivity contribution >= 4 is 9.84 Å². The largest absolute Gasteiger partial charge is 0.389 e. The van der Waals surface area contributed by atoms with Gasteiger partial charge in [0.25, 0.3) is 0 Å². The quantitative estimate of drug-likeness (QED) is 0.832. The molecule has 4 unspecified atom stereocenters. The average molecular weight is 303 g/mol. The predicted octanol–water partition coefficient (Wildman–Crippen LogP) is 1.87. The molecule has 0 radical (unpaired) electrons. The Morgan fingerprint density at radius 1 is 1.25 bits per heavy atom. The van der Waals surface area contributed by atoms with Crippen LogP contribution in [0.25, 0.3) is 0 Å². The fourth-order valence-electron chi connectivity index (χ4n) is 3.85. The van der Waals surface area contributed by atoms with Crippen LogP contribution in [0.5, 0.6) is 0 Å². The first-order valence-corrected chi connectivity index (χ1v) is 9.89. The summed E-state index contributed by atoms with van der Waals surface area (Å²) in [5.74, 6) is 0.589. The molecule has 0 amide bonds. The maximum absolute atomic E-state index is 11.7. The van der Waals surface area contributed by atoms with Crippen LogP contribution in [0.2, 0.25) is 0 Å². The van der Waals surface area contributed by atoms with E-state index in [0.717, 1.165) is 38.5 Å². The third kappa shape index (κ3) is 4.43. The van der Waals surface area contributed by atoms with Gasteiger partial charge in [-0.05, 0) is 38.0 Å². The molecular formula is C15H29NO3S. The second-order valence-electron chi connectivity index (χ2n) is 7.12. The van der Waals surface area contributed by atoms with Crippen LogP contribution >= 0.6 is 0 Å². The normalized spacial score (nSPS) is 39.6. The van der Waals surface area contributed by atoms with Gasteiger partial charge in [0.05, 0.1) is 10.9 Å². The van der Waals surface area contributed by atoms with Gasteiger partial charge in [-0.1, -0.05) is 26.2 Å². The average Bonchev–Trinajstić information content (AvgIpc) is 2.36. The van der Waals surface area contributed by atoms with Crippen molar-refractivity contribution in [1.82, 2.24) is 5.32 Å². The lowest BCUT2D eigenvalue weighted by molar-refractivity contribution is -0.0144. The van der Waals surface area contributed by atoms with Crippen molar-refractivity contribution in [2.45, 2.75) is 75.2 Å². The molecule has 0 spiro atoms. The first kappa shape index (κ1) is 16.2. The molecule has 5 heteroatoms. The molecule has 2 saturated carbocycles. The van der Waals surface area contributed by atoms with E-state index in [1.54, 1.807) is 0 Å². The Hall–Kier alpha value is -0.130. The van der Waals surface area contributed by atoms with E-state index >= 15 is 0 Å². The molecule has 0 aromatic heterocycles. The zero-order valence-electron chi connectivity index (χ0n) is 12.8. The van der Waals surface area contributed by atoms with Crippen LogP contribution in [0.15, 0.2) is 0 Å². The Morgan fingerprint density at radius 3 is 2.65 bits per heavy atom. The molecule has 2 aliphatic carbocycles. The summed E-state index contributed by atoms with van der Waals surface area (Å²) in [6.45, 7) is 2.81. The summed E-state index contributed by atoms with van der Waals surface area (Å²) in [4.78, 5) is 0. The highest BCUT2D eigenvalue weighted by Crippen LogP contribution is 2.32. The number of rotatable bonds is 4. The summed E-state index contributed by atoms with van der Waals surface area (Å²) < 4.78 is 23.3. The van der Waals surface area contributed by atoms with Crippen molar-refractivity contribution in [2.24, 2.45) is 5.92 Å². The summed E-state index contributed by atoms with van der Waals surface area (Å²) in [7, 11) is -2.93. The molecule has 0 saturated heterocycles. The molecule has 2 N–H and O–H groups in total. The third-order valence-corrected chi connectivity index (χ3v) is 6.66. The second kappa shape index (κ2) is 6.32. The fraction of sp³-hybridized carbons (Fsp3) is 1.00. The van der Waals surface area contributed by atoms with Crippen LogP contribution < -0.4 is 5.32 Å². The van der Waals surface area contributed by atoms with E-state index in [1.807, 2.05) is 0 Å². The highest BCUT2D eigenvalue weighted by atomic mass is 32.2. The van der Waals surface area contributed by atoms with Crippen molar-refractivity contribution in [3.05, 3.63) is 0 Å². The Bertz CT molecular complexity index is 423. The Morgan fingerprint density at radius 2 is 2.00 bits per heavy atom. The van der Waals surface area contributed by atoms with Gasteiger partial charge in [-0.2, -0.15) is 0 Å². The first-order chi connectivity index (χ1) is 9.28. The molecule has 118 valence electrons. The van der Waals surface area contributed by atoms with Crippen molar-refractivity contribution in [1.29, 1.82) is 0 Å². The van der Waals surface area contributed by atoms with Crippen LogP contribution in [0.3, 0.4) is 0 Å². The van der Waals surface area contributed by atoms with Gasteiger partial charge in [0, 0.05) is 18.8 Å². The van der Waals surface area contributed by atoms with E-state index in [9.17, 15) is 13.5 Å². The van der Waals surface area contributed by atoms with Crippen LogP contribution in [-0.2, 0) is 9.84 Å². The molecule has 20 heavy (non-hydrogen) atoms. The summed E-state index contributed by atoms with van der Waals surface area (Å²) in [5.41, 5.74) is -0.588. The molecule has 0 bridgehead atoms. The summed E-state index contributed by atoms with van der Waals surface area (Å²) in [5, 5.41) is 13.9. The minimum atomic E-state index is -2.93. The summed E-state index contributed by atoms with van der Waals surface area (Å²) in [6.07, 6.45) is 8.85. The molecule has 4 atom stereocenters. The number of hydrogen-bond donors (Lipinski definition) is 2. The van der Waals surface area contributed by atoms with Crippen molar-refractivity contribution in [2.75, 3.05) is 12.8 Å². The molecular weight excluding hydrogens is 274 g/mol. The highest BCUT2D eigenvalue weighted by molar-refractivity contribution is 7.91. The van der Waals surface area contributed by atoms with Crippen molar-refractivity contribution < 1.29 is 13.5 Å². The van der Waals surface area contributed by atoms with Gasteiger partial charge in [-0.15, -0.1) is 0 Å².